The Labute approximate surface area is 133 Å². The maximum atomic E-state index is 12.2. The lowest BCUT2D eigenvalue weighted by atomic mass is 10.1. The number of benzene rings is 1. The summed E-state index contributed by atoms with van der Waals surface area (Å²) >= 11 is 11.9. The molecular formula is C14H17Cl2N3O2. The van der Waals surface area contributed by atoms with Gasteiger partial charge in [0.05, 0.1) is 15.6 Å². The minimum Gasteiger partial charge on any atom is -0.399 e. The van der Waals surface area contributed by atoms with Gasteiger partial charge in [0.25, 0.3) is 5.91 Å². The molecule has 1 aromatic carbocycles. The Morgan fingerprint density at radius 2 is 1.90 bits per heavy atom. The fourth-order valence-electron chi connectivity index (χ4n) is 2.32. The molecule has 1 aliphatic rings. The summed E-state index contributed by atoms with van der Waals surface area (Å²) in [5.41, 5.74) is 6.17. The molecule has 5 nitrogen and oxygen atoms in total. The van der Waals surface area contributed by atoms with Crippen LogP contribution in [0.25, 0.3) is 0 Å². The average Bonchev–Trinajstić information content (AvgIpc) is 2.95. The topological polar surface area (TPSA) is 75.4 Å². The van der Waals surface area contributed by atoms with Crippen molar-refractivity contribution >= 4 is 40.7 Å². The van der Waals surface area contributed by atoms with E-state index in [1.54, 1.807) is 11.8 Å². The second-order valence-electron chi connectivity index (χ2n) is 5.09. The number of nitrogens with one attached hydrogen (secondary N) is 1. The maximum absolute atomic E-state index is 12.2. The van der Waals surface area contributed by atoms with Crippen LogP contribution in [-0.2, 0) is 4.79 Å². The van der Waals surface area contributed by atoms with Crippen molar-refractivity contribution in [3.8, 4) is 0 Å². The zero-order chi connectivity index (χ0) is 15.6. The van der Waals surface area contributed by atoms with E-state index in [0.717, 1.165) is 25.9 Å². The van der Waals surface area contributed by atoms with E-state index in [0.29, 0.717) is 5.69 Å². The molecule has 0 saturated carbocycles. The first-order valence-corrected chi connectivity index (χ1v) is 7.50. The minimum atomic E-state index is -0.619. The van der Waals surface area contributed by atoms with Gasteiger partial charge in [0.15, 0.2) is 0 Å². The summed E-state index contributed by atoms with van der Waals surface area (Å²) in [5.74, 6) is -0.554. The molecule has 0 aliphatic carbocycles. The number of nitrogens with zero attached hydrogens (tertiary/aromatic N) is 1. The Hall–Kier alpha value is -1.46. The highest BCUT2D eigenvalue weighted by atomic mass is 35.5. The van der Waals surface area contributed by atoms with Crippen molar-refractivity contribution in [2.45, 2.75) is 25.8 Å². The molecular weight excluding hydrogens is 313 g/mol. The number of rotatable bonds is 3. The van der Waals surface area contributed by atoms with Crippen LogP contribution in [0.3, 0.4) is 0 Å². The van der Waals surface area contributed by atoms with Gasteiger partial charge in [-0.25, -0.2) is 0 Å². The molecule has 1 fully saturated rings. The van der Waals surface area contributed by atoms with Crippen molar-refractivity contribution in [3.05, 3.63) is 27.7 Å². The van der Waals surface area contributed by atoms with Crippen LogP contribution in [0.2, 0.25) is 10.0 Å². The fraction of sp³-hybridized carbons (Fsp3) is 0.429. The number of nitrogens with two attached hydrogens (primary N) is 1. The highest BCUT2D eigenvalue weighted by molar-refractivity contribution is 6.44. The number of hydrogen-bond acceptors (Lipinski definition) is 3. The van der Waals surface area contributed by atoms with Crippen LogP contribution in [0.4, 0.5) is 5.69 Å². The Morgan fingerprint density at radius 3 is 2.52 bits per heavy atom. The van der Waals surface area contributed by atoms with Crippen molar-refractivity contribution < 1.29 is 9.59 Å². The van der Waals surface area contributed by atoms with Gasteiger partial charge in [-0.05, 0) is 31.9 Å². The number of hydrogen-bond donors (Lipinski definition) is 2. The molecule has 1 aromatic rings. The quantitative estimate of drug-likeness (QED) is 0.835. The first kappa shape index (κ1) is 15.9. The minimum absolute atomic E-state index is 0.0908. The molecule has 114 valence electrons. The summed E-state index contributed by atoms with van der Waals surface area (Å²) in [4.78, 5) is 26.1. The smallest absolute Gasteiger partial charge is 0.253 e. The molecule has 0 spiro atoms. The molecule has 0 aromatic heterocycles. The van der Waals surface area contributed by atoms with Crippen molar-refractivity contribution in [2.75, 3.05) is 18.8 Å². The molecule has 1 atom stereocenters. The summed E-state index contributed by atoms with van der Waals surface area (Å²) < 4.78 is 0. The number of carbonyl (C=O) groups excluding carboxylic acids is 2. The van der Waals surface area contributed by atoms with E-state index in [1.165, 1.54) is 12.1 Å². The number of nitrogen functional groups attached to an aromatic ring is 1. The third-order valence-electron chi connectivity index (χ3n) is 3.43. The summed E-state index contributed by atoms with van der Waals surface area (Å²) in [6.45, 7) is 3.13. The molecule has 0 radical (unpaired) electrons. The predicted molar refractivity (Wildman–Crippen MR) is 83.6 cm³/mol. The van der Waals surface area contributed by atoms with Crippen LogP contribution in [0.1, 0.15) is 30.1 Å². The zero-order valence-corrected chi connectivity index (χ0v) is 13.2. The van der Waals surface area contributed by atoms with E-state index in [4.69, 9.17) is 28.9 Å². The fourth-order valence-corrected chi connectivity index (χ4v) is 2.75. The van der Waals surface area contributed by atoms with Crippen LogP contribution in [0, 0.1) is 0 Å². The lowest BCUT2D eigenvalue weighted by molar-refractivity contribution is -0.131. The Balaban J connectivity index is 2.09. The Bertz CT molecular complexity index is 572. The number of carbonyl (C=O) groups is 2. The third kappa shape index (κ3) is 3.60. The maximum Gasteiger partial charge on any atom is 0.253 e. The van der Waals surface area contributed by atoms with Crippen LogP contribution < -0.4 is 11.1 Å². The Kier molecular flexibility index (Phi) is 4.96. The lowest BCUT2D eigenvalue weighted by Crippen LogP contribution is -2.46. The number of likely N-dealkylation sites (tertiary alicyclic amines) is 1. The molecule has 1 heterocycles. The van der Waals surface area contributed by atoms with E-state index in [1.807, 2.05) is 0 Å². The molecule has 21 heavy (non-hydrogen) atoms. The number of anilines is 1. The van der Waals surface area contributed by atoms with Gasteiger partial charge in [0.2, 0.25) is 5.91 Å². The van der Waals surface area contributed by atoms with E-state index in [9.17, 15) is 9.59 Å². The Morgan fingerprint density at radius 1 is 1.29 bits per heavy atom. The number of halogens is 2. The number of amides is 2. The zero-order valence-electron chi connectivity index (χ0n) is 11.7. The molecule has 1 unspecified atom stereocenters. The molecule has 1 aliphatic heterocycles. The average molecular weight is 330 g/mol. The summed E-state index contributed by atoms with van der Waals surface area (Å²) in [7, 11) is 0. The van der Waals surface area contributed by atoms with E-state index in [-0.39, 0.29) is 21.5 Å². The van der Waals surface area contributed by atoms with Gasteiger partial charge in [0.1, 0.15) is 6.04 Å². The highest BCUT2D eigenvalue weighted by Gasteiger charge is 2.25. The van der Waals surface area contributed by atoms with Gasteiger partial charge in [-0.3, -0.25) is 9.59 Å². The van der Waals surface area contributed by atoms with Crippen LogP contribution >= 0.6 is 23.2 Å². The molecule has 1 saturated heterocycles. The standard InChI is InChI=1S/C14H17Cl2N3O2/c1-8(14(21)19-4-2-3-5-19)18-13(20)10-6-9(17)7-11(15)12(10)16/h6-8H,2-5,17H2,1H3,(H,18,20). The molecule has 7 heteroatoms. The molecule has 2 rings (SSSR count). The van der Waals surface area contributed by atoms with E-state index >= 15 is 0 Å². The summed E-state index contributed by atoms with van der Waals surface area (Å²) in [6.07, 6.45) is 2.01. The van der Waals surface area contributed by atoms with Gasteiger partial charge < -0.3 is 16.0 Å². The molecule has 0 bridgehead atoms. The predicted octanol–water partition coefficient (Wildman–Crippen LogP) is 2.32. The van der Waals surface area contributed by atoms with Crippen molar-refractivity contribution in [1.29, 1.82) is 0 Å². The SMILES string of the molecule is CC(NC(=O)c1cc(N)cc(Cl)c1Cl)C(=O)N1CCCC1. The van der Waals surface area contributed by atoms with Crippen molar-refractivity contribution in [1.82, 2.24) is 10.2 Å². The highest BCUT2D eigenvalue weighted by Crippen LogP contribution is 2.28. The van der Waals surface area contributed by atoms with Crippen LogP contribution in [-0.4, -0.2) is 35.8 Å². The van der Waals surface area contributed by atoms with Gasteiger partial charge >= 0.3 is 0 Å². The normalized spacial score (nSPS) is 15.9. The van der Waals surface area contributed by atoms with E-state index < -0.39 is 11.9 Å². The molecule has 3 N–H and O–H groups in total. The van der Waals surface area contributed by atoms with Gasteiger partial charge in [0, 0.05) is 18.8 Å². The van der Waals surface area contributed by atoms with Crippen molar-refractivity contribution in [3.63, 3.8) is 0 Å². The lowest BCUT2D eigenvalue weighted by Gasteiger charge is -2.21. The van der Waals surface area contributed by atoms with Gasteiger partial charge in [-0.15, -0.1) is 0 Å². The van der Waals surface area contributed by atoms with Gasteiger partial charge in [-0.1, -0.05) is 23.2 Å². The van der Waals surface area contributed by atoms with Crippen LogP contribution in [0.15, 0.2) is 12.1 Å². The summed E-state index contributed by atoms with van der Waals surface area (Å²) in [6, 6.07) is 2.29. The molecule has 2 amide bonds. The first-order valence-electron chi connectivity index (χ1n) is 6.74. The van der Waals surface area contributed by atoms with E-state index in [2.05, 4.69) is 5.32 Å². The second kappa shape index (κ2) is 6.54. The first-order chi connectivity index (χ1) is 9.90. The largest absolute Gasteiger partial charge is 0.399 e. The van der Waals surface area contributed by atoms with Crippen LogP contribution in [0.5, 0.6) is 0 Å². The monoisotopic (exact) mass is 329 g/mol. The van der Waals surface area contributed by atoms with Crippen molar-refractivity contribution in [2.24, 2.45) is 0 Å². The van der Waals surface area contributed by atoms with Gasteiger partial charge in [-0.2, -0.15) is 0 Å². The summed E-state index contributed by atoms with van der Waals surface area (Å²) in [5, 5.41) is 2.98. The third-order valence-corrected chi connectivity index (χ3v) is 4.23. The second-order valence-corrected chi connectivity index (χ2v) is 5.88.